The molecule has 0 fully saturated rings. The Morgan fingerprint density at radius 1 is 1.11 bits per heavy atom. The second kappa shape index (κ2) is 14.0. The standard InChI is InChI=1S/C33H30BrN3O7S/c1-4-8-25-29(32(39)43-5-2)30(24-18-22(34)13-16-27(24)42-3)36-31(38)28(45-33(36)35-25)17-21-9-6-7-10-26(21)44-19-20-11-14-23(15-12-20)37(40)41/h6-7,9-18,30H,4-5,8,19H2,1-3H3/b28-17+/t30-/m1/s1. The molecule has 0 bridgehead atoms. The number of nitrogens with zero attached hydrogens (tertiary/aromatic N) is 3. The predicted molar refractivity (Wildman–Crippen MR) is 174 cm³/mol. The van der Waals surface area contributed by atoms with Crippen LogP contribution in [0.15, 0.2) is 92.3 Å². The smallest absolute Gasteiger partial charge is 0.338 e. The van der Waals surface area contributed by atoms with E-state index in [9.17, 15) is 19.7 Å². The zero-order valence-electron chi connectivity index (χ0n) is 24.8. The van der Waals surface area contributed by atoms with Crippen molar-refractivity contribution in [2.24, 2.45) is 4.99 Å². The molecule has 0 spiro atoms. The molecule has 4 aromatic rings. The number of hydrogen-bond donors (Lipinski definition) is 0. The number of carbonyl (C=O) groups excluding carboxylic acids is 1. The van der Waals surface area contributed by atoms with Crippen molar-refractivity contribution in [1.82, 2.24) is 4.57 Å². The lowest BCUT2D eigenvalue weighted by atomic mass is 9.93. The number of ether oxygens (including phenoxy) is 3. The van der Waals surface area contributed by atoms with Crippen LogP contribution in [-0.2, 0) is 16.1 Å². The van der Waals surface area contributed by atoms with Gasteiger partial charge in [0.25, 0.3) is 11.2 Å². The fraction of sp³-hybridized carbons (Fsp3) is 0.242. The van der Waals surface area contributed by atoms with Gasteiger partial charge < -0.3 is 14.2 Å². The number of methoxy groups -OCH3 is 1. The monoisotopic (exact) mass is 691 g/mol. The zero-order valence-corrected chi connectivity index (χ0v) is 27.2. The van der Waals surface area contributed by atoms with Crippen LogP contribution in [0.1, 0.15) is 49.4 Å². The highest BCUT2D eigenvalue weighted by Gasteiger charge is 2.36. The first-order valence-electron chi connectivity index (χ1n) is 14.3. The normalized spacial score (nSPS) is 14.5. The number of nitro groups is 1. The van der Waals surface area contributed by atoms with Crippen molar-refractivity contribution in [2.45, 2.75) is 39.3 Å². The van der Waals surface area contributed by atoms with Crippen LogP contribution in [0.5, 0.6) is 11.5 Å². The first kappa shape index (κ1) is 31.9. The minimum absolute atomic E-state index is 0.00141. The van der Waals surface area contributed by atoms with Gasteiger partial charge in [0.05, 0.1) is 34.4 Å². The average Bonchev–Trinajstić information content (AvgIpc) is 3.34. The molecule has 12 heteroatoms. The zero-order chi connectivity index (χ0) is 32.1. The van der Waals surface area contributed by atoms with E-state index in [0.29, 0.717) is 49.7 Å². The van der Waals surface area contributed by atoms with Gasteiger partial charge in [-0.15, -0.1) is 0 Å². The van der Waals surface area contributed by atoms with Crippen LogP contribution in [0.2, 0.25) is 0 Å². The first-order chi connectivity index (χ1) is 21.7. The summed E-state index contributed by atoms with van der Waals surface area (Å²) in [6, 6.07) is 18.1. The van der Waals surface area contributed by atoms with E-state index >= 15 is 0 Å². The summed E-state index contributed by atoms with van der Waals surface area (Å²) in [5.41, 5.74) is 2.60. The van der Waals surface area contributed by atoms with Crippen molar-refractivity contribution < 1.29 is 23.9 Å². The minimum Gasteiger partial charge on any atom is -0.496 e. The third-order valence-electron chi connectivity index (χ3n) is 7.13. The summed E-state index contributed by atoms with van der Waals surface area (Å²) in [6.07, 6.45) is 3.00. The summed E-state index contributed by atoms with van der Waals surface area (Å²) in [5.74, 6) is 0.518. The van der Waals surface area contributed by atoms with Gasteiger partial charge in [-0.1, -0.05) is 58.8 Å². The number of aromatic nitrogens is 1. The summed E-state index contributed by atoms with van der Waals surface area (Å²) in [6.45, 7) is 4.09. The highest BCUT2D eigenvalue weighted by molar-refractivity contribution is 9.10. The molecule has 1 atom stereocenters. The first-order valence-corrected chi connectivity index (χ1v) is 15.9. The van der Waals surface area contributed by atoms with Crippen LogP contribution in [0.25, 0.3) is 6.08 Å². The van der Waals surface area contributed by atoms with Crippen molar-refractivity contribution in [1.29, 1.82) is 0 Å². The van der Waals surface area contributed by atoms with Gasteiger partial charge in [0, 0.05) is 27.7 Å². The Labute approximate surface area is 271 Å². The van der Waals surface area contributed by atoms with Crippen LogP contribution < -0.4 is 24.4 Å². The van der Waals surface area contributed by atoms with E-state index in [0.717, 1.165) is 16.5 Å². The number of halogens is 1. The third-order valence-corrected chi connectivity index (χ3v) is 8.60. The Morgan fingerprint density at radius 2 is 1.87 bits per heavy atom. The molecule has 3 aromatic carbocycles. The predicted octanol–water partition coefficient (Wildman–Crippen LogP) is 5.84. The van der Waals surface area contributed by atoms with E-state index in [1.54, 1.807) is 44.4 Å². The summed E-state index contributed by atoms with van der Waals surface area (Å²) in [7, 11) is 1.55. The van der Waals surface area contributed by atoms with E-state index < -0.39 is 16.9 Å². The maximum atomic E-state index is 14.2. The molecule has 5 rings (SSSR count). The van der Waals surface area contributed by atoms with E-state index in [1.807, 2.05) is 37.3 Å². The van der Waals surface area contributed by atoms with Crippen LogP contribution in [-0.4, -0.2) is 29.2 Å². The second-order valence-electron chi connectivity index (χ2n) is 10.0. The number of para-hydroxylation sites is 1. The van der Waals surface area contributed by atoms with Gasteiger partial charge in [-0.25, -0.2) is 9.79 Å². The molecule has 0 radical (unpaired) electrons. The number of fused-ring (bicyclic) bond motifs is 1. The maximum absolute atomic E-state index is 14.2. The van der Waals surface area contributed by atoms with Gasteiger partial charge in [0.1, 0.15) is 24.1 Å². The molecule has 0 aliphatic carbocycles. The van der Waals surface area contributed by atoms with Gasteiger partial charge in [0.2, 0.25) is 0 Å². The Morgan fingerprint density at radius 3 is 2.56 bits per heavy atom. The number of esters is 1. The molecule has 1 aliphatic heterocycles. The summed E-state index contributed by atoms with van der Waals surface area (Å²) < 4.78 is 20.0. The average molecular weight is 693 g/mol. The molecular formula is C33H30BrN3O7S. The molecule has 232 valence electrons. The molecule has 0 unspecified atom stereocenters. The third kappa shape index (κ3) is 6.76. The highest BCUT2D eigenvalue weighted by atomic mass is 79.9. The molecular weight excluding hydrogens is 662 g/mol. The van der Waals surface area contributed by atoms with Crippen molar-refractivity contribution in [3.63, 3.8) is 0 Å². The molecule has 0 N–H and O–H groups in total. The van der Waals surface area contributed by atoms with Crippen molar-refractivity contribution in [3.05, 3.63) is 129 Å². The molecule has 1 aliphatic rings. The number of non-ortho nitro benzene ring substituents is 1. The second-order valence-corrected chi connectivity index (χ2v) is 12.0. The number of carbonyl (C=O) groups is 1. The molecule has 0 saturated carbocycles. The van der Waals surface area contributed by atoms with Gasteiger partial charge in [-0.3, -0.25) is 19.5 Å². The van der Waals surface area contributed by atoms with Crippen molar-refractivity contribution in [2.75, 3.05) is 13.7 Å². The molecule has 0 amide bonds. The number of rotatable bonds is 11. The Balaban J connectivity index is 1.63. The van der Waals surface area contributed by atoms with Gasteiger partial charge >= 0.3 is 5.97 Å². The lowest BCUT2D eigenvalue weighted by Crippen LogP contribution is -2.40. The maximum Gasteiger partial charge on any atom is 0.338 e. The van der Waals surface area contributed by atoms with E-state index in [4.69, 9.17) is 19.2 Å². The Bertz CT molecular complexity index is 1970. The highest BCUT2D eigenvalue weighted by Crippen LogP contribution is 2.38. The minimum atomic E-state index is -0.829. The van der Waals surface area contributed by atoms with E-state index in [-0.39, 0.29) is 24.5 Å². The van der Waals surface area contributed by atoms with Gasteiger partial charge in [-0.2, -0.15) is 0 Å². The van der Waals surface area contributed by atoms with E-state index in [2.05, 4.69) is 15.9 Å². The summed E-state index contributed by atoms with van der Waals surface area (Å²) >= 11 is 4.76. The fourth-order valence-corrected chi connectivity index (χ4v) is 6.47. The van der Waals surface area contributed by atoms with Crippen molar-refractivity contribution in [3.8, 4) is 11.5 Å². The number of nitro benzene ring substituents is 1. The number of allylic oxidation sites excluding steroid dienone is 1. The number of hydrogen-bond acceptors (Lipinski definition) is 9. The number of thiazole rings is 1. The Kier molecular flexibility index (Phi) is 9.94. The van der Waals surface area contributed by atoms with Crippen LogP contribution in [0.4, 0.5) is 5.69 Å². The Hall–Kier alpha value is -4.55. The molecule has 10 nitrogen and oxygen atoms in total. The van der Waals surface area contributed by atoms with Gasteiger partial charge in [-0.05, 0) is 61.4 Å². The lowest BCUT2D eigenvalue weighted by molar-refractivity contribution is -0.384. The fourth-order valence-electron chi connectivity index (χ4n) is 5.08. The van der Waals surface area contributed by atoms with Crippen LogP contribution in [0.3, 0.4) is 0 Å². The summed E-state index contributed by atoms with van der Waals surface area (Å²) in [4.78, 5) is 43.5. The van der Waals surface area contributed by atoms with Crippen LogP contribution >= 0.6 is 27.3 Å². The van der Waals surface area contributed by atoms with Gasteiger partial charge in [0.15, 0.2) is 4.80 Å². The quantitative estimate of drug-likeness (QED) is 0.110. The van der Waals surface area contributed by atoms with Crippen molar-refractivity contribution >= 4 is 45.0 Å². The molecule has 45 heavy (non-hydrogen) atoms. The molecule has 1 aromatic heterocycles. The topological polar surface area (TPSA) is 122 Å². The number of benzene rings is 3. The lowest BCUT2D eigenvalue weighted by Gasteiger charge is -2.27. The molecule has 0 saturated heterocycles. The summed E-state index contributed by atoms with van der Waals surface area (Å²) in [5, 5.41) is 11.0. The largest absolute Gasteiger partial charge is 0.496 e. The van der Waals surface area contributed by atoms with E-state index in [1.165, 1.54) is 28.0 Å². The molecule has 2 heterocycles. The van der Waals surface area contributed by atoms with Crippen LogP contribution in [0, 0.1) is 10.1 Å². The SMILES string of the molecule is CCCC1=C(C(=O)OCC)[C@@H](c2cc(Br)ccc2OC)n2c(s/c(=C/c3ccccc3OCc3ccc([N+](=O)[O-])cc3)c2=O)=N1.